The number of aryl methyl sites for hydroxylation is 1. The summed E-state index contributed by atoms with van der Waals surface area (Å²) in [5.74, 6) is 2.54. The van der Waals surface area contributed by atoms with Crippen LogP contribution in [0, 0.1) is 5.92 Å². The molecule has 4 nitrogen and oxygen atoms in total. The predicted molar refractivity (Wildman–Crippen MR) is 94.6 cm³/mol. The summed E-state index contributed by atoms with van der Waals surface area (Å²) >= 11 is 0. The highest BCUT2D eigenvalue weighted by Gasteiger charge is 2.24. The highest BCUT2D eigenvalue weighted by molar-refractivity contribution is 5.73. The second kappa shape index (κ2) is 7.91. The maximum Gasteiger partial charge on any atom is 0.219 e. The molecule has 0 spiro atoms. The molecule has 0 N–H and O–H groups in total. The van der Waals surface area contributed by atoms with Crippen molar-refractivity contribution in [2.75, 3.05) is 20.2 Å². The summed E-state index contributed by atoms with van der Waals surface area (Å²) in [6.45, 7) is 3.49. The van der Waals surface area contributed by atoms with Crippen LogP contribution in [0.15, 0.2) is 18.2 Å². The van der Waals surface area contributed by atoms with Gasteiger partial charge in [-0.15, -0.1) is 0 Å². The second-order valence-electron chi connectivity index (χ2n) is 7.17. The van der Waals surface area contributed by atoms with Crippen molar-refractivity contribution in [1.29, 1.82) is 0 Å². The second-order valence-corrected chi connectivity index (χ2v) is 7.17. The van der Waals surface area contributed by atoms with Crippen LogP contribution in [0.1, 0.15) is 51.0 Å². The van der Waals surface area contributed by atoms with Gasteiger partial charge in [0.2, 0.25) is 5.91 Å². The molecule has 2 fully saturated rings. The van der Waals surface area contributed by atoms with Crippen LogP contribution in [-0.2, 0) is 11.2 Å². The molecule has 1 aliphatic heterocycles. The lowest BCUT2D eigenvalue weighted by molar-refractivity contribution is -0.127. The van der Waals surface area contributed by atoms with E-state index in [0.717, 1.165) is 56.7 Å². The van der Waals surface area contributed by atoms with Crippen LogP contribution in [0.25, 0.3) is 0 Å². The molecule has 1 saturated heterocycles. The summed E-state index contributed by atoms with van der Waals surface area (Å²) in [6.07, 6.45) is 8.45. The van der Waals surface area contributed by atoms with Gasteiger partial charge in [-0.1, -0.05) is 6.07 Å². The third kappa shape index (κ3) is 4.22. The van der Waals surface area contributed by atoms with Crippen molar-refractivity contribution < 1.29 is 14.3 Å². The van der Waals surface area contributed by atoms with Gasteiger partial charge in [0.25, 0.3) is 0 Å². The van der Waals surface area contributed by atoms with E-state index in [9.17, 15) is 4.79 Å². The van der Waals surface area contributed by atoms with Crippen molar-refractivity contribution in [3.8, 4) is 11.5 Å². The number of benzene rings is 1. The fraction of sp³-hybridized carbons (Fsp3) is 0.650. The quantitative estimate of drug-likeness (QED) is 0.795. The van der Waals surface area contributed by atoms with Crippen molar-refractivity contribution in [3.63, 3.8) is 0 Å². The van der Waals surface area contributed by atoms with Crippen molar-refractivity contribution in [1.82, 2.24) is 4.90 Å². The minimum atomic E-state index is 0.203. The lowest BCUT2D eigenvalue weighted by atomic mass is 9.98. The van der Waals surface area contributed by atoms with Gasteiger partial charge in [0.05, 0.1) is 13.2 Å². The van der Waals surface area contributed by atoms with Gasteiger partial charge in [-0.3, -0.25) is 4.79 Å². The minimum absolute atomic E-state index is 0.203. The van der Waals surface area contributed by atoms with Crippen molar-refractivity contribution in [2.24, 2.45) is 5.92 Å². The monoisotopic (exact) mass is 331 g/mol. The number of carbonyl (C=O) groups is 1. The third-order valence-electron chi connectivity index (χ3n) is 5.40. The average molecular weight is 331 g/mol. The zero-order valence-corrected chi connectivity index (χ0v) is 14.9. The molecular weight excluding hydrogens is 302 g/mol. The Balaban J connectivity index is 1.58. The molecule has 0 bridgehead atoms. The summed E-state index contributed by atoms with van der Waals surface area (Å²) in [6, 6.07) is 6.31. The Hall–Kier alpha value is -1.71. The Morgan fingerprint density at radius 3 is 2.67 bits per heavy atom. The zero-order valence-electron chi connectivity index (χ0n) is 14.9. The molecule has 1 unspecified atom stereocenters. The number of methoxy groups -OCH3 is 1. The summed E-state index contributed by atoms with van der Waals surface area (Å²) in [5.41, 5.74) is 1.30. The van der Waals surface area contributed by atoms with Crippen LogP contribution in [0.3, 0.4) is 0 Å². The smallest absolute Gasteiger partial charge is 0.219 e. The molecule has 4 heteroatoms. The van der Waals surface area contributed by atoms with E-state index < -0.39 is 0 Å². The minimum Gasteiger partial charge on any atom is -0.493 e. The van der Waals surface area contributed by atoms with Crippen LogP contribution in [-0.4, -0.2) is 37.1 Å². The molecule has 1 heterocycles. The molecule has 2 aliphatic rings. The summed E-state index contributed by atoms with van der Waals surface area (Å²) in [5, 5.41) is 0. The standard InChI is InChI=1S/C20H29NO3/c1-15(22)21-12-11-17(14-21)8-7-16-9-10-19(23-2)20(13-16)24-18-5-3-4-6-18/h9-10,13,17-18H,3-8,11-12,14H2,1-2H3. The van der Waals surface area contributed by atoms with E-state index in [-0.39, 0.29) is 5.91 Å². The molecule has 1 aromatic rings. The van der Waals surface area contributed by atoms with Crippen LogP contribution in [0.2, 0.25) is 0 Å². The summed E-state index contributed by atoms with van der Waals surface area (Å²) < 4.78 is 11.6. The van der Waals surface area contributed by atoms with Crippen LogP contribution in [0.4, 0.5) is 0 Å². The van der Waals surface area contributed by atoms with Gasteiger partial charge >= 0.3 is 0 Å². The molecule has 0 aromatic heterocycles. The molecule has 1 saturated carbocycles. The number of carbonyl (C=O) groups excluding carboxylic acids is 1. The maximum atomic E-state index is 11.4. The zero-order chi connectivity index (χ0) is 16.9. The molecule has 1 atom stereocenters. The number of amides is 1. The van der Waals surface area contributed by atoms with E-state index in [2.05, 4.69) is 12.1 Å². The van der Waals surface area contributed by atoms with E-state index in [1.807, 2.05) is 11.0 Å². The third-order valence-corrected chi connectivity index (χ3v) is 5.40. The number of likely N-dealkylation sites (tertiary alicyclic amines) is 1. The number of nitrogens with zero attached hydrogens (tertiary/aromatic N) is 1. The molecule has 1 aromatic carbocycles. The summed E-state index contributed by atoms with van der Waals surface area (Å²) in [4.78, 5) is 13.4. The summed E-state index contributed by atoms with van der Waals surface area (Å²) in [7, 11) is 1.70. The maximum absolute atomic E-state index is 11.4. The normalized spacial score (nSPS) is 21.2. The van der Waals surface area contributed by atoms with Crippen molar-refractivity contribution in [3.05, 3.63) is 23.8 Å². The van der Waals surface area contributed by atoms with E-state index in [4.69, 9.17) is 9.47 Å². The van der Waals surface area contributed by atoms with Crippen LogP contribution < -0.4 is 9.47 Å². The number of hydrogen-bond donors (Lipinski definition) is 0. The topological polar surface area (TPSA) is 38.8 Å². The van der Waals surface area contributed by atoms with Crippen molar-refractivity contribution >= 4 is 5.91 Å². The Morgan fingerprint density at radius 1 is 1.21 bits per heavy atom. The van der Waals surface area contributed by atoms with Gasteiger partial charge < -0.3 is 14.4 Å². The average Bonchev–Trinajstić information content (AvgIpc) is 3.24. The number of rotatable bonds is 6. The first-order valence-electron chi connectivity index (χ1n) is 9.25. The number of hydrogen-bond acceptors (Lipinski definition) is 3. The van der Waals surface area contributed by atoms with Gasteiger partial charge in [-0.25, -0.2) is 0 Å². The first-order chi connectivity index (χ1) is 11.7. The van der Waals surface area contributed by atoms with E-state index in [1.54, 1.807) is 14.0 Å². The van der Waals surface area contributed by atoms with E-state index >= 15 is 0 Å². The van der Waals surface area contributed by atoms with E-state index in [0.29, 0.717) is 12.0 Å². The first-order valence-corrected chi connectivity index (χ1v) is 9.25. The Labute approximate surface area is 145 Å². The van der Waals surface area contributed by atoms with Crippen molar-refractivity contribution in [2.45, 2.75) is 58.0 Å². The number of ether oxygens (including phenoxy) is 2. The highest BCUT2D eigenvalue weighted by atomic mass is 16.5. The van der Waals surface area contributed by atoms with Gasteiger partial charge in [0.15, 0.2) is 11.5 Å². The van der Waals surface area contributed by atoms with Crippen LogP contribution in [0.5, 0.6) is 11.5 Å². The largest absolute Gasteiger partial charge is 0.493 e. The molecule has 24 heavy (non-hydrogen) atoms. The molecule has 0 radical (unpaired) electrons. The Bertz CT molecular complexity index is 566. The van der Waals surface area contributed by atoms with Crippen LogP contribution >= 0.6 is 0 Å². The molecule has 1 amide bonds. The molecular formula is C20H29NO3. The Morgan fingerprint density at radius 2 is 2.00 bits per heavy atom. The van der Waals surface area contributed by atoms with Gasteiger partial charge in [0, 0.05) is 20.0 Å². The molecule has 3 rings (SSSR count). The molecule has 1 aliphatic carbocycles. The highest BCUT2D eigenvalue weighted by Crippen LogP contribution is 2.33. The lowest BCUT2D eigenvalue weighted by Gasteiger charge is -2.17. The molecule has 132 valence electrons. The Kier molecular flexibility index (Phi) is 5.64. The lowest BCUT2D eigenvalue weighted by Crippen LogP contribution is -2.25. The first kappa shape index (κ1) is 17.1. The van der Waals surface area contributed by atoms with E-state index in [1.165, 1.54) is 18.4 Å². The van der Waals surface area contributed by atoms with Gasteiger partial charge in [-0.05, 0) is 68.6 Å². The SMILES string of the molecule is COc1ccc(CCC2CCN(C(C)=O)C2)cc1OC1CCCC1. The fourth-order valence-electron chi connectivity index (χ4n) is 3.88. The fourth-order valence-corrected chi connectivity index (χ4v) is 3.88. The van der Waals surface area contributed by atoms with Gasteiger partial charge in [0.1, 0.15) is 0 Å². The predicted octanol–water partition coefficient (Wildman–Crippen LogP) is 3.82. The van der Waals surface area contributed by atoms with Gasteiger partial charge in [-0.2, -0.15) is 0 Å².